The summed E-state index contributed by atoms with van der Waals surface area (Å²) in [5.74, 6) is -0.669. The van der Waals surface area contributed by atoms with Crippen molar-refractivity contribution >= 4 is 43.5 Å². The molecule has 0 unspecified atom stereocenters. The largest absolute Gasteiger partial charge is 0.352 e. The second kappa shape index (κ2) is 12.4. The molecule has 0 fully saturated rings. The van der Waals surface area contributed by atoms with Crippen LogP contribution >= 0.6 is 15.9 Å². The van der Waals surface area contributed by atoms with Crippen LogP contribution in [0.15, 0.2) is 53.0 Å². The van der Waals surface area contributed by atoms with Gasteiger partial charge in [0.1, 0.15) is 12.6 Å². The highest BCUT2D eigenvalue weighted by atomic mass is 79.9. The minimum absolute atomic E-state index is 0.0779. The van der Waals surface area contributed by atoms with Crippen molar-refractivity contribution < 1.29 is 18.0 Å². The third-order valence-electron chi connectivity index (χ3n) is 5.41. The van der Waals surface area contributed by atoms with Crippen LogP contribution in [0.1, 0.15) is 38.3 Å². The minimum atomic E-state index is -3.74. The van der Waals surface area contributed by atoms with Crippen molar-refractivity contribution in [3.63, 3.8) is 0 Å². The molecule has 0 heterocycles. The zero-order valence-electron chi connectivity index (χ0n) is 20.4. The van der Waals surface area contributed by atoms with E-state index in [2.05, 4.69) is 21.2 Å². The normalized spacial score (nSPS) is 12.3. The first kappa shape index (κ1) is 27.9. The highest BCUT2D eigenvalue weighted by Crippen LogP contribution is 2.25. The standard InChI is InChI=1S/C25H34BrN3O4S/c1-6-23(25(31)27-18(2)3)28(15-14-20-10-8-7-9-11-20)24(30)17-29(34(5,32)33)21-12-13-22(26)19(4)16-21/h7-13,16,18,23H,6,14-15,17H2,1-5H3,(H,27,31)/t23-/m0/s1. The van der Waals surface area contributed by atoms with Crippen LogP contribution in [0.2, 0.25) is 0 Å². The number of nitrogens with zero attached hydrogens (tertiary/aromatic N) is 2. The number of carbonyl (C=O) groups excluding carboxylic acids is 2. The minimum Gasteiger partial charge on any atom is -0.352 e. The van der Waals surface area contributed by atoms with Gasteiger partial charge >= 0.3 is 0 Å². The van der Waals surface area contributed by atoms with E-state index in [0.717, 1.165) is 26.2 Å². The Morgan fingerprint density at radius 1 is 1.09 bits per heavy atom. The number of rotatable bonds is 11. The number of hydrogen-bond acceptors (Lipinski definition) is 4. The molecule has 1 atom stereocenters. The Morgan fingerprint density at radius 2 is 1.74 bits per heavy atom. The van der Waals surface area contributed by atoms with Gasteiger partial charge in [0.05, 0.1) is 11.9 Å². The van der Waals surface area contributed by atoms with Crippen LogP contribution in [0, 0.1) is 6.92 Å². The average Bonchev–Trinajstić information content (AvgIpc) is 2.76. The fraction of sp³-hybridized carbons (Fsp3) is 0.440. The quantitative estimate of drug-likeness (QED) is 0.458. The fourth-order valence-electron chi connectivity index (χ4n) is 3.67. The van der Waals surface area contributed by atoms with E-state index >= 15 is 0 Å². The molecule has 34 heavy (non-hydrogen) atoms. The van der Waals surface area contributed by atoms with Crippen LogP contribution < -0.4 is 9.62 Å². The summed E-state index contributed by atoms with van der Waals surface area (Å²) in [4.78, 5) is 28.0. The van der Waals surface area contributed by atoms with Gasteiger partial charge < -0.3 is 10.2 Å². The van der Waals surface area contributed by atoms with Gasteiger partial charge in [-0.15, -0.1) is 0 Å². The summed E-state index contributed by atoms with van der Waals surface area (Å²) in [5.41, 5.74) is 2.28. The van der Waals surface area contributed by atoms with Crippen molar-refractivity contribution in [1.29, 1.82) is 0 Å². The molecular weight excluding hydrogens is 518 g/mol. The predicted octanol–water partition coefficient (Wildman–Crippen LogP) is 3.90. The lowest BCUT2D eigenvalue weighted by Crippen LogP contribution is -2.54. The first-order valence-corrected chi connectivity index (χ1v) is 14.0. The average molecular weight is 553 g/mol. The summed E-state index contributed by atoms with van der Waals surface area (Å²) in [6.45, 7) is 7.33. The smallest absolute Gasteiger partial charge is 0.244 e. The third-order valence-corrected chi connectivity index (χ3v) is 7.44. The maximum absolute atomic E-state index is 13.6. The lowest BCUT2D eigenvalue weighted by atomic mass is 10.1. The van der Waals surface area contributed by atoms with Gasteiger partial charge in [0.25, 0.3) is 0 Å². The van der Waals surface area contributed by atoms with Crippen LogP contribution in [0.3, 0.4) is 0 Å². The molecular formula is C25H34BrN3O4S. The molecule has 0 saturated heterocycles. The lowest BCUT2D eigenvalue weighted by Gasteiger charge is -2.33. The summed E-state index contributed by atoms with van der Waals surface area (Å²) in [7, 11) is -3.74. The Kier molecular flexibility index (Phi) is 10.1. The molecule has 7 nitrogen and oxygen atoms in total. The Morgan fingerprint density at radius 3 is 2.26 bits per heavy atom. The predicted molar refractivity (Wildman–Crippen MR) is 140 cm³/mol. The van der Waals surface area contributed by atoms with Crippen molar-refractivity contribution in [2.24, 2.45) is 0 Å². The second-order valence-corrected chi connectivity index (χ2v) is 11.4. The molecule has 0 spiro atoms. The zero-order chi connectivity index (χ0) is 25.5. The molecule has 2 aromatic carbocycles. The van der Waals surface area contributed by atoms with E-state index in [1.54, 1.807) is 18.2 Å². The number of hydrogen-bond donors (Lipinski definition) is 1. The summed E-state index contributed by atoms with van der Waals surface area (Å²) < 4.78 is 27.2. The number of halogens is 1. The van der Waals surface area contributed by atoms with Crippen LogP contribution in [0.5, 0.6) is 0 Å². The first-order chi connectivity index (χ1) is 15.9. The molecule has 0 aliphatic heterocycles. The third kappa shape index (κ3) is 7.84. The highest BCUT2D eigenvalue weighted by Gasteiger charge is 2.31. The van der Waals surface area contributed by atoms with E-state index in [-0.39, 0.29) is 18.5 Å². The Labute approximate surface area is 211 Å². The van der Waals surface area contributed by atoms with Gasteiger partial charge in [0.15, 0.2) is 0 Å². The topological polar surface area (TPSA) is 86.8 Å². The van der Waals surface area contributed by atoms with Gasteiger partial charge in [-0.05, 0) is 62.9 Å². The van der Waals surface area contributed by atoms with E-state index in [1.165, 1.54) is 4.90 Å². The molecule has 2 aromatic rings. The number of aryl methyl sites for hydroxylation is 1. The van der Waals surface area contributed by atoms with Crippen LogP contribution in [0.4, 0.5) is 5.69 Å². The second-order valence-electron chi connectivity index (χ2n) is 8.61. The molecule has 186 valence electrons. The molecule has 0 aromatic heterocycles. The van der Waals surface area contributed by atoms with Crippen LogP contribution in [-0.2, 0) is 26.0 Å². The first-order valence-electron chi connectivity index (χ1n) is 11.3. The van der Waals surface area contributed by atoms with Gasteiger partial charge in [0.2, 0.25) is 21.8 Å². The SMILES string of the molecule is CC[C@@H](C(=O)NC(C)C)N(CCc1ccccc1)C(=O)CN(c1ccc(Br)c(C)c1)S(C)(=O)=O. The Balaban J connectivity index is 2.38. The van der Waals surface area contributed by atoms with E-state index < -0.39 is 22.0 Å². The van der Waals surface area contributed by atoms with E-state index in [4.69, 9.17) is 0 Å². The molecule has 0 aliphatic carbocycles. The lowest BCUT2D eigenvalue weighted by molar-refractivity contribution is -0.139. The number of amides is 2. The number of anilines is 1. The van der Waals surface area contributed by atoms with Crippen LogP contribution in [0.25, 0.3) is 0 Å². The fourth-order valence-corrected chi connectivity index (χ4v) is 4.76. The van der Waals surface area contributed by atoms with Crippen LogP contribution in [-0.4, -0.2) is 56.6 Å². The summed E-state index contributed by atoms with van der Waals surface area (Å²) in [6.07, 6.45) is 2.04. The number of carbonyl (C=O) groups is 2. The Hall–Kier alpha value is -2.39. The zero-order valence-corrected chi connectivity index (χ0v) is 22.8. The number of nitrogens with one attached hydrogen (secondary N) is 1. The van der Waals surface area contributed by atoms with Crippen molar-refractivity contribution in [2.75, 3.05) is 23.7 Å². The molecule has 2 amide bonds. The van der Waals surface area contributed by atoms with Crippen molar-refractivity contribution in [3.8, 4) is 0 Å². The molecule has 2 rings (SSSR count). The number of benzene rings is 2. The molecule has 9 heteroatoms. The van der Waals surface area contributed by atoms with E-state index in [9.17, 15) is 18.0 Å². The van der Waals surface area contributed by atoms with Gasteiger partial charge in [-0.2, -0.15) is 0 Å². The molecule has 0 radical (unpaired) electrons. The van der Waals surface area contributed by atoms with Crippen molar-refractivity contribution in [1.82, 2.24) is 10.2 Å². The van der Waals surface area contributed by atoms with Gasteiger partial charge in [0, 0.05) is 17.1 Å². The van der Waals surface area contributed by atoms with E-state index in [0.29, 0.717) is 25.1 Å². The molecule has 1 N–H and O–H groups in total. The van der Waals surface area contributed by atoms with Crippen molar-refractivity contribution in [3.05, 3.63) is 64.1 Å². The summed E-state index contributed by atoms with van der Waals surface area (Å²) >= 11 is 3.42. The monoisotopic (exact) mass is 551 g/mol. The highest BCUT2D eigenvalue weighted by molar-refractivity contribution is 9.10. The Bertz CT molecular complexity index is 1090. The summed E-state index contributed by atoms with van der Waals surface area (Å²) in [6, 6.07) is 14.0. The van der Waals surface area contributed by atoms with E-state index in [1.807, 2.05) is 58.0 Å². The molecule has 0 saturated carbocycles. The maximum atomic E-state index is 13.6. The van der Waals surface area contributed by atoms with Gasteiger partial charge in [-0.25, -0.2) is 8.42 Å². The maximum Gasteiger partial charge on any atom is 0.244 e. The summed E-state index contributed by atoms with van der Waals surface area (Å²) in [5, 5.41) is 2.89. The molecule has 0 bridgehead atoms. The van der Waals surface area contributed by atoms with Gasteiger partial charge in [-0.1, -0.05) is 53.2 Å². The molecule has 0 aliphatic rings. The van der Waals surface area contributed by atoms with Gasteiger partial charge in [-0.3, -0.25) is 13.9 Å². The number of sulfonamides is 1. The van der Waals surface area contributed by atoms with Crippen molar-refractivity contribution in [2.45, 2.75) is 52.6 Å².